The average Bonchev–Trinajstić information content (AvgIpc) is 2.94. The Labute approximate surface area is 131 Å². The van der Waals surface area contributed by atoms with E-state index in [1.807, 2.05) is 36.6 Å². The Balaban J connectivity index is 0.00000200. The molecule has 1 aliphatic rings. The highest BCUT2D eigenvalue weighted by Crippen LogP contribution is 2.26. The van der Waals surface area contributed by atoms with Crippen LogP contribution in [0, 0.1) is 5.92 Å². The number of hydrogen-bond donors (Lipinski definition) is 2. The Morgan fingerprint density at radius 1 is 1.45 bits per heavy atom. The summed E-state index contributed by atoms with van der Waals surface area (Å²) in [6.45, 7) is 3.01. The summed E-state index contributed by atoms with van der Waals surface area (Å²) in [5.74, 6) is 0.856. The number of carbonyl (C=O) groups excluding carboxylic acids is 1. The van der Waals surface area contributed by atoms with Gasteiger partial charge < -0.3 is 10.6 Å². The van der Waals surface area contributed by atoms with Gasteiger partial charge in [-0.15, -0.1) is 24.2 Å². The normalized spacial score (nSPS) is 19.1. The molecule has 1 saturated heterocycles. The SMILES string of the molecule is CSC(C(=O)NCCC1CCNC1)c1ccccc1.Cl. The van der Waals surface area contributed by atoms with Crippen molar-refractivity contribution < 1.29 is 4.79 Å². The second-order valence-electron chi connectivity index (χ2n) is 4.96. The first kappa shape index (κ1) is 17.3. The van der Waals surface area contributed by atoms with Gasteiger partial charge in [0.25, 0.3) is 0 Å². The second kappa shape index (κ2) is 9.27. The number of halogens is 1. The van der Waals surface area contributed by atoms with Crippen LogP contribution in [0.25, 0.3) is 0 Å². The predicted molar refractivity (Wildman–Crippen MR) is 88.5 cm³/mol. The van der Waals surface area contributed by atoms with E-state index in [1.165, 1.54) is 6.42 Å². The molecule has 0 saturated carbocycles. The van der Waals surface area contributed by atoms with Crippen molar-refractivity contribution >= 4 is 30.1 Å². The monoisotopic (exact) mass is 314 g/mol. The standard InChI is InChI=1S/C15H22N2OS.ClH/c1-19-14(13-5-3-2-4-6-13)15(18)17-10-8-12-7-9-16-11-12;/h2-6,12,14,16H,7-11H2,1H3,(H,17,18);1H. The lowest BCUT2D eigenvalue weighted by molar-refractivity contribution is -0.120. The number of thioether (sulfide) groups is 1. The fourth-order valence-electron chi connectivity index (χ4n) is 2.48. The smallest absolute Gasteiger partial charge is 0.237 e. The molecule has 3 nitrogen and oxygen atoms in total. The Morgan fingerprint density at radius 2 is 2.20 bits per heavy atom. The van der Waals surface area contributed by atoms with Crippen LogP contribution in [0.15, 0.2) is 30.3 Å². The minimum atomic E-state index is -0.0945. The van der Waals surface area contributed by atoms with Crippen molar-refractivity contribution in [3.05, 3.63) is 35.9 Å². The van der Waals surface area contributed by atoms with Crippen molar-refractivity contribution in [3.63, 3.8) is 0 Å². The van der Waals surface area contributed by atoms with Gasteiger partial charge in [0.2, 0.25) is 5.91 Å². The zero-order valence-corrected chi connectivity index (χ0v) is 13.4. The minimum Gasteiger partial charge on any atom is -0.355 e. The highest BCUT2D eigenvalue weighted by molar-refractivity contribution is 7.99. The molecule has 1 amide bonds. The minimum absolute atomic E-state index is 0. The molecular formula is C15H23ClN2OS. The molecular weight excluding hydrogens is 292 g/mol. The molecule has 5 heteroatoms. The summed E-state index contributed by atoms with van der Waals surface area (Å²) in [7, 11) is 0. The number of hydrogen-bond acceptors (Lipinski definition) is 3. The maximum Gasteiger partial charge on any atom is 0.237 e. The van der Waals surface area contributed by atoms with E-state index in [0.29, 0.717) is 0 Å². The van der Waals surface area contributed by atoms with Gasteiger partial charge in [0.1, 0.15) is 5.25 Å². The summed E-state index contributed by atoms with van der Waals surface area (Å²) < 4.78 is 0. The van der Waals surface area contributed by atoms with Crippen LogP contribution in [-0.2, 0) is 4.79 Å². The van der Waals surface area contributed by atoms with E-state index in [2.05, 4.69) is 10.6 Å². The molecule has 0 spiro atoms. The Hall–Kier alpha value is -0.710. The third-order valence-electron chi connectivity index (χ3n) is 3.59. The van der Waals surface area contributed by atoms with Crippen molar-refractivity contribution in [2.24, 2.45) is 5.92 Å². The largest absolute Gasteiger partial charge is 0.355 e. The summed E-state index contributed by atoms with van der Waals surface area (Å²) in [6, 6.07) is 9.97. The molecule has 2 rings (SSSR count). The van der Waals surface area contributed by atoms with Crippen LogP contribution in [0.3, 0.4) is 0 Å². The van der Waals surface area contributed by atoms with E-state index in [1.54, 1.807) is 11.8 Å². The van der Waals surface area contributed by atoms with E-state index in [4.69, 9.17) is 0 Å². The number of benzene rings is 1. The number of rotatable bonds is 6. The lowest BCUT2D eigenvalue weighted by Gasteiger charge is -2.16. The van der Waals surface area contributed by atoms with Crippen LogP contribution in [-0.4, -0.2) is 31.8 Å². The summed E-state index contributed by atoms with van der Waals surface area (Å²) >= 11 is 1.59. The van der Waals surface area contributed by atoms with Gasteiger partial charge in [-0.05, 0) is 43.7 Å². The first-order chi connectivity index (χ1) is 9.31. The summed E-state index contributed by atoms with van der Waals surface area (Å²) in [5.41, 5.74) is 1.08. The van der Waals surface area contributed by atoms with Crippen molar-refractivity contribution in [3.8, 4) is 0 Å². The maximum absolute atomic E-state index is 12.2. The number of carbonyl (C=O) groups is 1. The fourth-order valence-corrected chi connectivity index (χ4v) is 3.20. The fraction of sp³-hybridized carbons (Fsp3) is 0.533. The molecule has 1 aliphatic heterocycles. The summed E-state index contributed by atoms with van der Waals surface area (Å²) in [4.78, 5) is 12.2. The molecule has 112 valence electrons. The molecule has 2 atom stereocenters. The van der Waals surface area contributed by atoms with Gasteiger partial charge in [-0.2, -0.15) is 0 Å². The first-order valence-electron chi connectivity index (χ1n) is 6.87. The van der Waals surface area contributed by atoms with Crippen LogP contribution in [0.4, 0.5) is 0 Å². The first-order valence-corrected chi connectivity index (χ1v) is 8.16. The number of amides is 1. The Bertz CT molecular complexity index is 396. The topological polar surface area (TPSA) is 41.1 Å². The third-order valence-corrected chi connectivity index (χ3v) is 4.55. The van der Waals surface area contributed by atoms with E-state index < -0.39 is 0 Å². The summed E-state index contributed by atoms with van der Waals surface area (Å²) in [6.07, 6.45) is 4.30. The lowest BCUT2D eigenvalue weighted by Crippen LogP contribution is -2.30. The number of nitrogens with one attached hydrogen (secondary N) is 2. The van der Waals surface area contributed by atoms with Gasteiger partial charge in [0, 0.05) is 6.54 Å². The van der Waals surface area contributed by atoms with Gasteiger partial charge in [0.05, 0.1) is 0 Å². The molecule has 0 radical (unpaired) electrons. The molecule has 0 aromatic heterocycles. The van der Waals surface area contributed by atoms with E-state index in [0.717, 1.165) is 37.5 Å². The predicted octanol–water partition coefficient (Wildman–Crippen LogP) is 2.63. The van der Waals surface area contributed by atoms with Crippen molar-refractivity contribution in [2.75, 3.05) is 25.9 Å². The average molecular weight is 315 g/mol. The van der Waals surface area contributed by atoms with E-state index >= 15 is 0 Å². The van der Waals surface area contributed by atoms with Gasteiger partial charge in [-0.1, -0.05) is 30.3 Å². The van der Waals surface area contributed by atoms with Crippen LogP contribution >= 0.6 is 24.2 Å². The van der Waals surface area contributed by atoms with Gasteiger partial charge in [0.15, 0.2) is 0 Å². The van der Waals surface area contributed by atoms with E-state index in [9.17, 15) is 4.79 Å². The maximum atomic E-state index is 12.2. The zero-order valence-electron chi connectivity index (χ0n) is 11.8. The molecule has 2 unspecified atom stereocenters. The highest BCUT2D eigenvalue weighted by Gasteiger charge is 2.19. The lowest BCUT2D eigenvalue weighted by atomic mass is 10.1. The zero-order chi connectivity index (χ0) is 13.5. The molecule has 1 fully saturated rings. The molecule has 2 N–H and O–H groups in total. The Morgan fingerprint density at radius 3 is 2.80 bits per heavy atom. The summed E-state index contributed by atoms with van der Waals surface area (Å²) in [5, 5.41) is 6.33. The van der Waals surface area contributed by atoms with Crippen LogP contribution in [0.5, 0.6) is 0 Å². The molecule has 1 aromatic rings. The van der Waals surface area contributed by atoms with Gasteiger partial charge in [-0.25, -0.2) is 0 Å². The van der Waals surface area contributed by atoms with Crippen molar-refractivity contribution in [1.29, 1.82) is 0 Å². The van der Waals surface area contributed by atoms with E-state index in [-0.39, 0.29) is 23.6 Å². The molecule has 20 heavy (non-hydrogen) atoms. The third kappa shape index (κ3) is 5.00. The molecule has 0 bridgehead atoms. The van der Waals surface area contributed by atoms with Crippen LogP contribution in [0.1, 0.15) is 23.7 Å². The highest BCUT2D eigenvalue weighted by atomic mass is 35.5. The quantitative estimate of drug-likeness (QED) is 0.848. The second-order valence-corrected chi connectivity index (χ2v) is 5.91. The molecule has 0 aliphatic carbocycles. The van der Waals surface area contributed by atoms with Crippen molar-refractivity contribution in [2.45, 2.75) is 18.1 Å². The van der Waals surface area contributed by atoms with Gasteiger partial charge >= 0.3 is 0 Å². The van der Waals surface area contributed by atoms with Gasteiger partial charge in [-0.3, -0.25) is 4.79 Å². The van der Waals surface area contributed by atoms with Crippen molar-refractivity contribution in [1.82, 2.24) is 10.6 Å². The van der Waals surface area contributed by atoms with Crippen LogP contribution in [0.2, 0.25) is 0 Å². The molecule has 1 heterocycles. The molecule has 1 aromatic carbocycles. The van der Waals surface area contributed by atoms with Crippen LogP contribution < -0.4 is 10.6 Å². The Kier molecular flexibility index (Phi) is 8.04.